The molecule has 0 amide bonds. The van der Waals surface area contributed by atoms with Gasteiger partial charge in [-0.25, -0.2) is 0 Å². The zero-order valence-corrected chi connectivity index (χ0v) is 13.8. The molecule has 0 fully saturated rings. The summed E-state index contributed by atoms with van der Waals surface area (Å²) in [5.74, 6) is 0.899. The van der Waals surface area contributed by atoms with E-state index in [9.17, 15) is 0 Å². The van der Waals surface area contributed by atoms with Crippen LogP contribution < -0.4 is 5.32 Å². The van der Waals surface area contributed by atoms with Crippen molar-refractivity contribution < 1.29 is 0 Å². The van der Waals surface area contributed by atoms with Gasteiger partial charge in [-0.3, -0.25) is 4.40 Å². The van der Waals surface area contributed by atoms with Gasteiger partial charge in [-0.05, 0) is 36.8 Å². The van der Waals surface area contributed by atoms with Crippen LogP contribution in [0.1, 0.15) is 24.4 Å². The molecule has 0 aliphatic carbocycles. The molecule has 6 heteroatoms. The number of hydrogen-bond donors (Lipinski definition) is 1. The number of rotatable bonds is 4. The second-order valence-corrected chi connectivity index (χ2v) is 6.12. The van der Waals surface area contributed by atoms with Crippen LogP contribution in [0.5, 0.6) is 0 Å². The summed E-state index contributed by atoms with van der Waals surface area (Å²) in [6.07, 6.45) is 1.97. The SMILES string of the molecule is CC(NCc1ccc(Cl)cc1Br)c1nnc2ccccn12. The van der Waals surface area contributed by atoms with Crippen LogP contribution in [0.3, 0.4) is 0 Å². The van der Waals surface area contributed by atoms with Gasteiger partial charge in [0.05, 0.1) is 6.04 Å². The highest BCUT2D eigenvalue weighted by Crippen LogP contribution is 2.22. The molecule has 0 bridgehead atoms. The molecule has 108 valence electrons. The van der Waals surface area contributed by atoms with Crippen molar-refractivity contribution in [3.05, 3.63) is 63.5 Å². The maximum absolute atomic E-state index is 5.95. The van der Waals surface area contributed by atoms with Gasteiger partial charge in [0.2, 0.25) is 0 Å². The topological polar surface area (TPSA) is 42.2 Å². The van der Waals surface area contributed by atoms with Crippen molar-refractivity contribution in [3.63, 3.8) is 0 Å². The Morgan fingerprint density at radius 2 is 2.14 bits per heavy atom. The molecule has 0 aliphatic rings. The van der Waals surface area contributed by atoms with Crippen molar-refractivity contribution in [3.8, 4) is 0 Å². The quantitative estimate of drug-likeness (QED) is 0.760. The van der Waals surface area contributed by atoms with E-state index in [1.165, 1.54) is 0 Å². The van der Waals surface area contributed by atoms with Crippen LogP contribution in [0.15, 0.2) is 47.1 Å². The van der Waals surface area contributed by atoms with Crippen LogP contribution in [0.4, 0.5) is 0 Å². The molecule has 21 heavy (non-hydrogen) atoms. The lowest BCUT2D eigenvalue weighted by Crippen LogP contribution is -2.20. The number of nitrogens with zero attached hydrogens (tertiary/aromatic N) is 3. The Hall–Kier alpha value is -1.43. The van der Waals surface area contributed by atoms with Gasteiger partial charge >= 0.3 is 0 Å². The number of pyridine rings is 1. The first-order valence-electron chi connectivity index (χ1n) is 6.62. The molecule has 2 heterocycles. The fourth-order valence-electron chi connectivity index (χ4n) is 2.17. The van der Waals surface area contributed by atoms with E-state index in [0.29, 0.717) is 0 Å². The van der Waals surface area contributed by atoms with Gasteiger partial charge in [0.15, 0.2) is 11.5 Å². The molecular formula is C15H14BrClN4. The molecule has 0 radical (unpaired) electrons. The zero-order valence-electron chi connectivity index (χ0n) is 11.4. The van der Waals surface area contributed by atoms with E-state index in [0.717, 1.165) is 33.1 Å². The summed E-state index contributed by atoms with van der Waals surface area (Å²) in [5.41, 5.74) is 2.01. The van der Waals surface area contributed by atoms with E-state index in [-0.39, 0.29) is 6.04 Å². The number of fused-ring (bicyclic) bond motifs is 1. The van der Waals surface area contributed by atoms with Crippen molar-refractivity contribution in [2.75, 3.05) is 0 Å². The predicted octanol–water partition coefficient (Wildman–Crippen LogP) is 4.00. The Balaban J connectivity index is 1.76. The zero-order chi connectivity index (χ0) is 14.8. The number of hydrogen-bond acceptors (Lipinski definition) is 3. The first-order valence-corrected chi connectivity index (χ1v) is 7.79. The Labute approximate surface area is 136 Å². The van der Waals surface area contributed by atoms with Crippen molar-refractivity contribution in [1.82, 2.24) is 19.9 Å². The van der Waals surface area contributed by atoms with Crippen LogP contribution >= 0.6 is 27.5 Å². The first kappa shape index (κ1) is 14.5. The molecule has 1 atom stereocenters. The fourth-order valence-corrected chi connectivity index (χ4v) is 3.00. The average Bonchev–Trinajstić information content (AvgIpc) is 2.90. The molecular weight excluding hydrogens is 352 g/mol. The summed E-state index contributed by atoms with van der Waals surface area (Å²) in [5, 5.41) is 12.6. The van der Waals surface area contributed by atoms with Crippen LogP contribution in [-0.2, 0) is 6.54 Å². The number of aromatic nitrogens is 3. The van der Waals surface area contributed by atoms with Crippen molar-refractivity contribution in [2.45, 2.75) is 19.5 Å². The predicted molar refractivity (Wildman–Crippen MR) is 87.4 cm³/mol. The normalized spacial score (nSPS) is 12.7. The minimum absolute atomic E-state index is 0.0879. The van der Waals surface area contributed by atoms with Gasteiger partial charge in [0.25, 0.3) is 0 Å². The lowest BCUT2D eigenvalue weighted by atomic mass is 10.2. The van der Waals surface area contributed by atoms with Gasteiger partial charge in [-0.15, -0.1) is 10.2 Å². The van der Waals surface area contributed by atoms with E-state index < -0.39 is 0 Å². The Morgan fingerprint density at radius 1 is 1.29 bits per heavy atom. The van der Waals surface area contributed by atoms with E-state index >= 15 is 0 Å². The molecule has 0 aliphatic heterocycles. The molecule has 1 N–H and O–H groups in total. The molecule has 0 spiro atoms. The minimum atomic E-state index is 0.0879. The standard InChI is InChI=1S/C15H14BrClN4/c1-10(15-20-19-14-4-2-3-7-21(14)15)18-9-11-5-6-12(17)8-13(11)16/h2-8,10,18H,9H2,1H3. The third kappa shape index (κ3) is 3.10. The minimum Gasteiger partial charge on any atom is -0.303 e. The van der Waals surface area contributed by atoms with Gasteiger partial charge in [-0.1, -0.05) is 39.7 Å². The number of benzene rings is 1. The maximum Gasteiger partial charge on any atom is 0.160 e. The largest absolute Gasteiger partial charge is 0.303 e. The Morgan fingerprint density at radius 3 is 2.95 bits per heavy atom. The molecule has 3 aromatic rings. The van der Waals surface area contributed by atoms with E-state index in [2.05, 4.69) is 38.4 Å². The smallest absolute Gasteiger partial charge is 0.160 e. The number of halogens is 2. The summed E-state index contributed by atoms with van der Waals surface area (Å²) in [6, 6.07) is 11.8. The summed E-state index contributed by atoms with van der Waals surface area (Å²) >= 11 is 9.48. The van der Waals surface area contributed by atoms with Crippen LogP contribution in [0, 0.1) is 0 Å². The van der Waals surface area contributed by atoms with E-state index in [1.807, 2.05) is 47.0 Å². The fraction of sp³-hybridized carbons (Fsp3) is 0.200. The summed E-state index contributed by atoms with van der Waals surface area (Å²) in [7, 11) is 0. The Kier molecular flexibility index (Phi) is 4.24. The third-order valence-electron chi connectivity index (χ3n) is 3.34. The second-order valence-electron chi connectivity index (χ2n) is 4.83. The molecule has 1 unspecified atom stereocenters. The van der Waals surface area contributed by atoms with Gasteiger partial charge in [-0.2, -0.15) is 0 Å². The number of nitrogens with one attached hydrogen (secondary N) is 1. The highest BCUT2D eigenvalue weighted by Gasteiger charge is 2.13. The van der Waals surface area contributed by atoms with Crippen molar-refractivity contribution in [2.24, 2.45) is 0 Å². The first-order chi connectivity index (χ1) is 10.1. The summed E-state index contributed by atoms with van der Waals surface area (Å²) < 4.78 is 3.00. The third-order valence-corrected chi connectivity index (χ3v) is 4.31. The monoisotopic (exact) mass is 364 g/mol. The molecule has 0 saturated heterocycles. The van der Waals surface area contributed by atoms with Crippen molar-refractivity contribution >= 4 is 33.2 Å². The Bertz CT molecular complexity index is 771. The molecule has 3 rings (SSSR count). The lowest BCUT2D eigenvalue weighted by molar-refractivity contribution is 0.541. The molecule has 4 nitrogen and oxygen atoms in total. The molecule has 2 aromatic heterocycles. The second kappa shape index (κ2) is 6.13. The van der Waals surface area contributed by atoms with Crippen LogP contribution in [-0.4, -0.2) is 14.6 Å². The summed E-state index contributed by atoms with van der Waals surface area (Å²) in [6.45, 7) is 2.80. The molecule has 1 aromatic carbocycles. The highest BCUT2D eigenvalue weighted by atomic mass is 79.9. The van der Waals surface area contributed by atoms with E-state index in [1.54, 1.807) is 0 Å². The van der Waals surface area contributed by atoms with Gasteiger partial charge < -0.3 is 5.32 Å². The van der Waals surface area contributed by atoms with E-state index in [4.69, 9.17) is 11.6 Å². The highest BCUT2D eigenvalue weighted by molar-refractivity contribution is 9.10. The van der Waals surface area contributed by atoms with Crippen molar-refractivity contribution in [1.29, 1.82) is 0 Å². The molecule has 0 saturated carbocycles. The van der Waals surface area contributed by atoms with Crippen LogP contribution in [0.25, 0.3) is 5.65 Å². The van der Waals surface area contributed by atoms with Crippen LogP contribution in [0.2, 0.25) is 5.02 Å². The lowest BCUT2D eigenvalue weighted by Gasteiger charge is -2.13. The average molecular weight is 366 g/mol. The summed E-state index contributed by atoms with van der Waals surface area (Å²) in [4.78, 5) is 0. The van der Waals surface area contributed by atoms with Gasteiger partial charge in [0.1, 0.15) is 0 Å². The maximum atomic E-state index is 5.95. The van der Waals surface area contributed by atoms with Gasteiger partial charge in [0, 0.05) is 22.2 Å².